The normalized spacial score (nSPS) is 14.7. The molecule has 0 aliphatic carbocycles. The standard InChI is InChI=1S/C26H29NO6/c1-8-33-26(29)23-17(4)27(19-10-9-15(2)16(3)11-19)25(28)20(23)12-18-13-21(30-5)24(32-7)22(14-18)31-6/h9-14H,8H2,1-7H3. The molecule has 3 rings (SSSR count). The summed E-state index contributed by atoms with van der Waals surface area (Å²) in [5.74, 6) is 0.465. The molecule has 2 aromatic rings. The highest BCUT2D eigenvalue weighted by Crippen LogP contribution is 2.41. The van der Waals surface area contributed by atoms with Crippen molar-refractivity contribution < 1.29 is 28.5 Å². The monoisotopic (exact) mass is 451 g/mol. The lowest BCUT2D eigenvalue weighted by Gasteiger charge is -2.19. The first-order valence-corrected chi connectivity index (χ1v) is 10.6. The average molecular weight is 452 g/mol. The van der Waals surface area contributed by atoms with Crippen LogP contribution in [0.1, 0.15) is 30.5 Å². The predicted octanol–water partition coefficient (Wildman–Crippen LogP) is 4.60. The van der Waals surface area contributed by atoms with Crippen molar-refractivity contribution >= 4 is 23.6 Å². The number of anilines is 1. The second-order valence-corrected chi connectivity index (χ2v) is 7.61. The van der Waals surface area contributed by atoms with Crippen molar-refractivity contribution in [2.75, 3.05) is 32.8 Å². The molecule has 33 heavy (non-hydrogen) atoms. The number of hydrogen-bond acceptors (Lipinski definition) is 6. The highest BCUT2D eigenvalue weighted by atomic mass is 16.5. The SMILES string of the molecule is CCOC(=O)C1=C(C)N(c2ccc(C)c(C)c2)C(=O)C1=Cc1cc(OC)c(OC)c(OC)c1. The summed E-state index contributed by atoms with van der Waals surface area (Å²) in [6.45, 7) is 7.67. The Balaban J connectivity index is 2.19. The second-order valence-electron chi connectivity index (χ2n) is 7.61. The number of benzene rings is 2. The lowest BCUT2D eigenvalue weighted by atomic mass is 10.0. The van der Waals surface area contributed by atoms with Crippen LogP contribution in [0.5, 0.6) is 17.2 Å². The van der Waals surface area contributed by atoms with Crippen LogP contribution in [0.25, 0.3) is 6.08 Å². The fraction of sp³-hybridized carbons (Fsp3) is 0.308. The van der Waals surface area contributed by atoms with Gasteiger partial charge in [0.15, 0.2) is 11.5 Å². The van der Waals surface area contributed by atoms with Gasteiger partial charge in [-0.2, -0.15) is 0 Å². The van der Waals surface area contributed by atoms with Gasteiger partial charge >= 0.3 is 5.97 Å². The largest absolute Gasteiger partial charge is 0.493 e. The molecule has 0 saturated heterocycles. The van der Waals surface area contributed by atoms with Gasteiger partial charge in [0, 0.05) is 11.4 Å². The summed E-state index contributed by atoms with van der Waals surface area (Å²) in [4.78, 5) is 28.0. The zero-order valence-electron chi connectivity index (χ0n) is 20.1. The van der Waals surface area contributed by atoms with E-state index in [4.69, 9.17) is 18.9 Å². The molecule has 0 bridgehead atoms. The predicted molar refractivity (Wildman–Crippen MR) is 127 cm³/mol. The van der Waals surface area contributed by atoms with Crippen LogP contribution in [0.2, 0.25) is 0 Å². The molecule has 1 aliphatic rings. The molecule has 174 valence electrons. The third kappa shape index (κ3) is 4.44. The summed E-state index contributed by atoms with van der Waals surface area (Å²) in [5, 5.41) is 0. The number of hydrogen-bond donors (Lipinski definition) is 0. The Labute approximate surface area is 194 Å². The number of methoxy groups -OCH3 is 3. The maximum Gasteiger partial charge on any atom is 0.340 e. The van der Waals surface area contributed by atoms with Gasteiger partial charge in [0.1, 0.15) is 0 Å². The van der Waals surface area contributed by atoms with E-state index in [0.29, 0.717) is 34.2 Å². The van der Waals surface area contributed by atoms with Crippen molar-refractivity contribution in [3.05, 3.63) is 63.9 Å². The summed E-state index contributed by atoms with van der Waals surface area (Å²) in [7, 11) is 4.56. The van der Waals surface area contributed by atoms with Crippen molar-refractivity contribution in [1.82, 2.24) is 0 Å². The molecular formula is C26H29NO6. The number of amides is 1. The van der Waals surface area contributed by atoms with E-state index in [0.717, 1.165) is 11.1 Å². The summed E-state index contributed by atoms with van der Waals surface area (Å²) < 4.78 is 21.5. The minimum Gasteiger partial charge on any atom is -0.493 e. The molecule has 2 aromatic carbocycles. The van der Waals surface area contributed by atoms with Crippen molar-refractivity contribution in [3.8, 4) is 17.2 Å². The first-order chi connectivity index (χ1) is 15.8. The Morgan fingerprint density at radius 3 is 2.09 bits per heavy atom. The first-order valence-electron chi connectivity index (χ1n) is 10.6. The quantitative estimate of drug-likeness (QED) is 0.453. The highest BCUT2D eigenvalue weighted by molar-refractivity contribution is 6.23. The van der Waals surface area contributed by atoms with Crippen molar-refractivity contribution in [3.63, 3.8) is 0 Å². The van der Waals surface area contributed by atoms with Gasteiger partial charge in [-0.05, 0) is 74.7 Å². The van der Waals surface area contributed by atoms with E-state index in [2.05, 4.69) is 0 Å². The Hall–Kier alpha value is -3.74. The van der Waals surface area contributed by atoms with Crippen LogP contribution in [0, 0.1) is 13.8 Å². The van der Waals surface area contributed by atoms with Gasteiger partial charge in [-0.25, -0.2) is 4.79 Å². The highest BCUT2D eigenvalue weighted by Gasteiger charge is 2.38. The Kier molecular flexibility index (Phi) is 7.11. The molecule has 0 radical (unpaired) electrons. The van der Waals surface area contributed by atoms with Crippen LogP contribution in [0.4, 0.5) is 5.69 Å². The maximum absolute atomic E-state index is 13.6. The average Bonchev–Trinajstić information content (AvgIpc) is 3.04. The van der Waals surface area contributed by atoms with Crippen molar-refractivity contribution in [2.45, 2.75) is 27.7 Å². The molecule has 0 atom stereocenters. The number of ether oxygens (including phenoxy) is 4. The molecule has 7 nitrogen and oxygen atoms in total. The summed E-state index contributed by atoms with van der Waals surface area (Å²) in [5.41, 5.74) is 4.45. The third-order valence-electron chi connectivity index (χ3n) is 5.63. The number of carbonyl (C=O) groups excluding carboxylic acids is 2. The van der Waals surface area contributed by atoms with Gasteiger partial charge in [-0.3, -0.25) is 9.69 Å². The number of rotatable bonds is 7. The van der Waals surface area contributed by atoms with E-state index < -0.39 is 5.97 Å². The van der Waals surface area contributed by atoms with Gasteiger partial charge in [0.2, 0.25) is 5.75 Å². The van der Waals surface area contributed by atoms with Crippen LogP contribution < -0.4 is 19.1 Å². The number of carbonyl (C=O) groups is 2. The number of nitrogens with zero attached hydrogens (tertiary/aromatic N) is 1. The van der Waals surface area contributed by atoms with Crippen LogP contribution >= 0.6 is 0 Å². The van der Waals surface area contributed by atoms with Crippen molar-refractivity contribution in [1.29, 1.82) is 0 Å². The molecule has 1 aliphatic heterocycles. The fourth-order valence-corrected chi connectivity index (χ4v) is 3.81. The fourth-order valence-electron chi connectivity index (χ4n) is 3.81. The van der Waals surface area contributed by atoms with Crippen LogP contribution in [0.3, 0.4) is 0 Å². The van der Waals surface area contributed by atoms with E-state index >= 15 is 0 Å². The Morgan fingerprint density at radius 1 is 0.939 bits per heavy atom. The molecular weight excluding hydrogens is 422 g/mol. The molecule has 1 heterocycles. The van der Waals surface area contributed by atoms with E-state index in [1.807, 2.05) is 32.0 Å². The molecule has 0 fully saturated rings. The van der Waals surface area contributed by atoms with Crippen LogP contribution in [-0.2, 0) is 14.3 Å². The summed E-state index contributed by atoms with van der Waals surface area (Å²) in [6, 6.07) is 9.20. The molecule has 0 N–H and O–H groups in total. The lowest BCUT2D eigenvalue weighted by Crippen LogP contribution is -2.24. The topological polar surface area (TPSA) is 74.3 Å². The van der Waals surface area contributed by atoms with Gasteiger partial charge in [0.05, 0.1) is 39.1 Å². The van der Waals surface area contributed by atoms with E-state index in [1.54, 1.807) is 37.0 Å². The Bertz CT molecular complexity index is 1140. The van der Waals surface area contributed by atoms with Gasteiger partial charge < -0.3 is 18.9 Å². The van der Waals surface area contributed by atoms with E-state index in [-0.39, 0.29) is 23.7 Å². The molecule has 0 unspecified atom stereocenters. The zero-order valence-corrected chi connectivity index (χ0v) is 20.1. The van der Waals surface area contributed by atoms with E-state index in [9.17, 15) is 9.59 Å². The summed E-state index contributed by atoms with van der Waals surface area (Å²) in [6.07, 6.45) is 1.64. The summed E-state index contributed by atoms with van der Waals surface area (Å²) >= 11 is 0. The van der Waals surface area contributed by atoms with Crippen molar-refractivity contribution in [2.24, 2.45) is 0 Å². The first kappa shape index (κ1) is 23.9. The van der Waals surface area contributed by atoms with Gasteiger partial charge in [-0.1, -0.05) is 6.07 Å². The maximum atomic E-state index is 13.6. The molecule has 0 aromatic heterocycles. The lowest BCUT2D eigenvalue weighted by molar-refractivity contribution is -0.138. The van der Waals surface area contributed by atoms with E-state index in [1.165, 1.54) is 21.3 Å². The molecule has 7 heteroatoms. The molecule has 1 amide bonds. The smallest absolute Gasteiger partial charge is 0.340 e. The number of allylic oxidation sites excluding steroid dienone is 1. The second kappa shape index (κ2) is 9.81. The molecule has 0 spiro atoms. The Morgan fingerprint density at radius 2 is 1.58 bits per heavy atom. The van der Waals surface area contributed by atoms with Gasteiger partial charge in [-0.15, -0.1) is 0 Å². The van der Waals surface area contributed by atoms with Crippen LogP contribution in [-0.4, -0.2) is 39.8 Å². The molecule has 0 saturated carbocycles. The van der Waals surface area contributed by atoms with Gasteiger partial charge in [0.25, 0.3) is 5.91 Å². The zero-order chi connectivity index (χ0) is 24.3. The third-order valence-corrected chi connectivity index (χ3v) is 5.63. The minimum absolute atomic E-state index is 0.199. The minimum atomic E-state index is -0.548. The van der Waals surface area contributed by atoms with Crippen LogP contribution in [0.15, 0.2) is 47.2 Å². The number of aryl methyl sites for hydroxylation is 2. The number of esters is 1.